The van der Waals surface area contributed by atoms with Crippen LogP contribution in [-0.2, 0) is 23.0 Å². The molecule has 0 saturated carbocycles. The molecule has 6 heteroatoms. The molecule has 4 nitrogen and oxygen atoms in total. The molecule has 2 unspecified atom stereocenters. The van der Waals surface area contributed by atoms with Crippen LogP contribution >= 0.6 is 11.3 Å². The van der Waals surface area contributed by atoms with Gasteiger partial charge in [0.05, 0.1) is 6.26 Å². The number of thiophene rings is 1. The lowest BCUT2D eigenvalue weighted by molar-refractivity contribution is 0.225. The summed E-state index contributed by atoms with van der Waals surface area (Å²) in [6.07, 6.45) is 3.42. The molecule has 0 bridgehead atoms. The summed E-state index contributed by atoms with van der Waals surface area (Å²) in [7, 11) is -3.12. The maximum atomic E-state index is 12.2. The van der Waals surface area contributed by atoms with Crippen molar-refractivity contribution in [1.29, 1.82) is 0 Å². The molecule has 2 aliphatic rings. The van der Waals surface area contributed by atoms with E-state index in [0.29, 0.717) is 19.0 Å². The van der Waals surface area contributed by atoms with Crippen LogP contribution in [0.5, 0.6) is 0 Å². The lowest BCUT2D eigenvalue weighted by Gasteiger charge is -2.29. The number of benzene rings is 1. The predicted octanol–water partition coefficient (Wildman–Crippen LogP) is 3.38. The molecule has 0 N–H and O–H groups in total. The highest BCUT2D eigenvalue weighted by atomic mass is 32.2. The largest absolute Gasteiger partial charge is 0.297 e. The minimum Gasteiger partial charge on any atom is -0.297 e. The Morgan fingerprint density at radius 3 is 2.56 bits per heavy atom. The maximum Gasteiger partial charge on any atom is 0.211 e. The number of rotatable bonds is 6. The number of sulfonamides is 1. The normalized spacial score (nSPS) is 26.5. The second kappa shape index (κ2) is 7.32. The van der Waals surface area contributed by atoms with E-state index in [9.17, 15) is 8.42 Å². The molecule has 2 saturated heterocycles. The second-order valence-electron chi connectivity index (χ2n) is 8.28. The lowest BCUT2D eigenvalue weighted by atomic mass is 9.76. The molecule has 0 radical (unpaired) electrons. The molecular formula is C21H28N2O2S2. The van der Waals surface area contributed by atoms with Crippen molar-refractivity contribution in [3.05, 3.63) is 57.8 Å². The number of nitrogens with zero attached hydrogens (tertiary/aromatic N) is 2. The van der Waals surface area contributed by atoms with E-state index < -0.39 is 10.0 Å². The quantitative estimate of drug-likeness (QED) is 0.741. The summed E-state index contributed by atoms with van der Waals surface area (Å²) in [5.74, 6) is 0.428. The summed E-state index contributed by atoms with van der Waals surface area (Å²) in [5, 5.41) is 0. The molecule has 2 aliphatic heterocycles. The molecule has 2 aromatic rings. The van der Waals surface area contributed by atoms with E-state index in [1.165, 1.54) is 21.6 Å². The zero-order chi connectivity index (χ0) is 19.1. The van der Waals surface area contributed by atoms with Crippen LogP contribution in [0.2, 0.25) is 0 Å². The summed E-state index contributed by atoms with van der Waals surface area (Å²) < 4.78 is 26.1. The number of hydrogen-bond acceptors (Lipinski definition) is 4. The summed E-state index contributed by atoms with van der Waals surface area (Å²) in [5.41, 5.74) is 1.42. The van der Waals surface area contributed by atoms with Crippen LogP contribution in [0.25, 0.3) is 0 Å². The lowest BCUT2D eigenvalue weighted by Crippen LogP contribution is -2.36. The molecule has 27 heavy (non-hydrogen) atoms. The van der Waals surface area contributed by atoms with Crippen LogP contribution in [0.3, 0.4) is 0 Å². The number of fused-ring (bicyclic) bond motifs is 1. The van der Waals surface area contributed by atoms with Crippen LogP contribution in [0.1, 0.15) is 21.7 Å². The van der Waals surface area contributed by atoms with E-state index in [-0.39, 0.29) is 5.41 Å². The highest BCUT2D eigenvalue weighted by molar-refractivity contribution is 7.88. The summed E-state index contributed by atoms with van der Waals surface area (Å²) in [4.78, 5) is 5.30. The Morgan fingerprint density at radius 1 is 1.11 bits per heavy atom. The third-order valence-corrected chi connectivity index (χ3v) is 8.40. The Morgan fingerprint density at radius 2 is 1.89 bits per heavy atom. The molecule has 0 amide bonds. The van der Waals surface area contributed by atoms with Gasteiger partial charge in [-0.05, 0) is 43.4 Å². The third kappa shape index (κ3) is 4.14. The molecule has 2 atom stereocenters. The molecule has 0 spiro atoms. The van der Waals surface area contributed by atoms with Crippen LogP contribution < -0.4 is 0 Å². The number of aryl methyl sites for hydroxylation is 2. The van der Waals surface area contributed by atoms with Gasteiger partial charge in [-0.15, -0.1) is 11.3 Å². The predicted molar refractivity (Wildman–Crippen MR) is 111 cm³/mol. The molecule has 146 valence electrons. The molecular weight excluding hydrogens is 376 g/mol. The monoisotopic (exact) mass is 404 g/mol. The highest BCUT2D eigenvalue weighted by Gasteiger charge is 2.53. The average molecular weight is 405 g/mol. The fourth-order valence-corrected chi connectivity index (χ4v) is 6.68. The average Bonchev–Trinajstić information content (AvgIpc) is 3.26. The van der Waals surface area contributed by atoms with Crippen molar-refractivity contribution in [1.82, 2.24) is 9.21 Å². The van der Waals surface area contributed by atoms with E-state index in [0.717, 1.165) is 32.5 Å². The summed E-state index contributed by atoms with van der Waals surface area (Å²) in [6.45, 7) is 6.47. The van der Waals surface area contributed by atoms with Gasteiger partial charge in [-0.25, -0.2) is 12.7 Å². The summed E-state index contributed by atoms with van der Waals surface area (Å²) >= 11 is 1.87. The number of hydrogen-bond donors (Lipinski definition) is 0. The minimum atomic E-state index is -3.12. The van der Waals surface area contributed by atoms with Gasteiger partial charge in [0, 0.05) is 47.9 Å². The van der Waals surface area contributed by atoms with E-state index >= 15 is 0 Å². The van der Waals surface area contributed by atoms with Crippen molar-refractivity contribution >= 4 is 21.4 Å². The smallest absolute Gasteiger partial charge is 0.211 e. The van der Waals surface area contributed by atoms with Gasteiger partial charge >= 0.3 is 0 Å². The van der Waals surface area contributed by atoms with E-state index in [1.807, 2.05) is 17.4 Å². The van der Waals surface area contributed by atoms with Crippen molar-refractivity contribution in [2.75, 3.05) is 32.4 Å². The Hall–Kier alpha value is -1.21. The Kier molecular flexibility index (Phi) is 5.18. The molecule has 0 aliphatic carbocycles. The van der Waals surface area contributed by atoms with Crippen molar-refractivity contribution in [3.8, 4) is 0 Å². The molecule has 4 rings (SSSR count). The highest BCUT2D eigenvalue weighted by Crippen LogP contribution is 2.47. The molecule has 1 aromatic heterocycles. The SMILES string of the molecule is Cc1ccc(CN2CC3CN(S(C)(=O)=O)CC3(CCc3ccccc3)C2)s1. The molecule has 2 fully saturated rings. The Balaban J connectivity index is 1.51. The van der Waals surface area contributed by atoms with Crippen LogP contribution in [0.4, 0.5) is 0 Å². The van der Waals surface area contributed by atoms with Crippen molar-refractivity contribution in [3.63, 3.8) is 0 Å². The maximum absolute atomic E-state index is 12.2. The first kappa shape index (κ1) is 19.1. The van der Waals surface area contributed by atoms with Gasteiger partial charge in [0.25, 0.3) is 0 Å². The molecule has 3 heterocycles. The summed E-state index contributed by atoms with van der Waals surface area (Å²) in [6, 6.07) is 15.0. The van der Waals surface area contributed by atoms with E-state index in [2.05, 4.69) is 48.2 Å². The van der Waals surface area contributed by atoms with Crippen LogP contribution in [0, 0.1) is 18.3 Å². The Bertz CT molecular complexity index is 894. The van der Waals surface area contributed by atoms with Crippen molar-refractivity contribution in [2.45, 2.75) is 26.3 Å². The standard InChI is InChI=1S/C21H28N2O2S2/c1-17-8-9-20(26-17)14-22-12-19-13-23(27(2,24)25)16-21(19,15-22)11-10-18-6-4-3-5-7-18/h3-9,19H,10-16H2,1-2H3. The minimum absolute atomic E-state index is 0.0746. The van der Waals surface area contributed by atoms with Crippen molar-refractivity contribution < 1.29 is 8.42 Å². The van der Waals surface area contributed by atoms with Crippen LogP contribution in [0.15, 0.2) is 42.5 Å². The van der Waals surface area contributed by atoms with E-state index in [1.54, 1.807) is 4.31 Å². The first-order valence-corrected chi connectivity index (χ1v) is 12.3. The molecule has 1 aromatic carbocycles. The van der Waals surface area contributed by atoms with Gasteiger partial charge in [-0.1, -0.05) is 30.3 Å². The fourth-order valence-electron chi connectivity index (χ4n) is 4.80. The van der Waals surface area contributed by atoms with Gasteiger partial charge in [0.1, 0.15) is 0 Å². The second-order valence-corrected chi connectivity index (χ2v) is 11.6. The van der Waals surface area contributed by atoms with Gasteiger partial charge in [0.15, 0.2) is 0 Å². The van der Waals surface area contributed by atoms with Gasteiger partial charge in [0.2, 0.25) is 10.0 Å². The topological polar surface area (TPSA) is 40.6 Å². The first-order valence-electron chi connectivity index (χ1n) is 9.61. The first-order chi connectivity index (χ1) is 12.8. The van der Waals surface area contributed by atoms with E-state index in [4.69, 9.17) is 0 Å². The van der Waals surface area contributed by atoms with Crippen LogP contribution in [-0.4, -0.2) is 50.1 Å². The Labute approximate surface area is 166 Å². The van der Waals surface area contributed by atoms with Gasteiger partial charge < -0.3 is 0 Å². The zero-order valence-corrected chi connectivity index (χ0v) is 17.7. The number of likely N-dealkylation sites (tertiary alicyclic amines) is 1. The fraction of sp³-hybridized carbons (Fsp3) is 0.524. The van der Waals surface area contributed by atoms with Gasteiger partial charge in [-0.3, -0.25) is 4.90 Å². The zero-order valence-electron chi connectivity index (χ0n) is 16.1. The van der Waals surface area contributed by atoms with Crippen molar-refractivity contribution in [2.24, 2.45) is 11.3 Å². The third-order valence-electron chi connectivity index (χ3n) is 6.20. The van der Waals surface area contributed by atoms with Gasteiger partial charge in [-0.2, -0.15) is 0 Å².